The van der Waals surface area contributed by atoms with Crippen molar-refractivity contribution < 1.29 is 19.7 Å². The van der Waals surface area contributed by atoms with Crippen LogP contribution in [0.1, 0.15) is 41.8 Å². The van der Waals surface area contributed by atoms with Crippen LogP contribution in [0.2, 0.25) is 0 Å². The first-order valence-electron chi connectivity index (χ1n) is 9.93. The molecule has 30 heavy (non-hydrogen) atoms. The lowest BCUT2D eigenvalue weighted by Crippen LogP contribution is -2.38. The molecule has 1 fully saturated rings. The number of aliphatic hydroxyl groups excluding tert-OH is 1. The summed E-state index contributed by atoms with van der Waals surface area (Å²) in [4.78, 5) is 38.5. The Morgan fingerprint density at radius 3 is 2.60 bits per heavy atom. The summed E-state index contributed by atoms with van der Waals surface area (Å²) in [7, 11) is 0. The Labute approximate surface area is 173 Å². The second kappa shape index (κ2) is 8.85. The summed E-state index contributed by atoms with van der Waals surface area (Å²) in [6.45, 7) is 5.55. The van der Waals surface area contributed by atoms with E-state index in [1.54, 1.807) is 19.1 Å². The molecule has 1 aliphatic heterocycles. The fourth-order valence-electron chi connectivity index (χ4n) is 3.75. The van der Waals surface area contributed by atoms with Crippen LogP contribution in [0, 0.1) is 13.8 Å². The van der Waals surface area contributed by atoms with Crippen molar-refractivity contribution in [1.29, 1.82) is 0 Å². The minimum Gasteiger partial charge on any atom is -0.508 e. The predicted octanol–water partition coefficient (Wildman–Crippen LogP) is 0.429. The zero-order valence-corrected chi connectivity index (χ0v) is 17.3. The monoisotopic (exact) mass is 417 g/mol. The van der Waals surface area contributed by atoms with E-state index < -0.39 is 29.7 Å². The Hall–Kier alpha value is -2.91. The SMILES string of the molecule is CCc1cn([C@@H]2CC(O)[C@H](CNC(=O)Cc3c(C)cc(O)cc3C)O2)c(=O)[nH]c1=O. The van der Waals surface area contributed by atoms with Crippen molar-refractivity contribution in [2.75, 3.05) is 6.54 Å². The second-order valence-electron chi connectivity index (χ2n) is 7.65. The zero-order valence-electron chi connectivity index (χ0n) is 17.3. The molecule has 0 radical (unpaired) electrons. The summed E-state index contributed by atoms with van der Waals surface area (Å²) in [6, 6.07) is 3.22. The molecule has 162 valence electrons. The van der Waals surface area contributed by atoms with Crippen LogP contribution in [0.5, 0.6) is 5.75 Å². The third-order valence-electron chi connectivity index (χ3n) is 5.46. The molecule has 1 aromatic heterocycles. The first kappa shape index (κ1) is 21.8. The number of carbonyl (C=O) groups is 1. The molecule has 2 aromatic rings. The van der Waals surface area contributed by atoms with Gasteiger partial charge in [0.15, 0.2) is 0 Å². The maximum Gasteiger partial charge on any atom is 0.330 e. The van der Waals surface area contributed by atoms with E-state index in [9.17, 15) is 24.6 Å². The van der Waals surface area contributed by atoms with Crippen molar-refractivity contribution >= 4 is 5.91 Å². The fraction of sp³-hybridized carbons (Fsp3) is 0.476. The molecule has 0 aliphatic carbocycles. The largest absolute Gasteiger partial charge is 0.508 e. The third kappa shape index (κ3) is 4.63. The van der Waals surface area contributed by atoms with E-state index in [0.717, 1.165) is 16.7 Å². The van der Waals surface area contributed by atoms with Gasteiger partial charge in [-0.2, -0.15) is 0 Å². The van der Waals surface area contributed by atoms with E-state index in [4.69, 9.17) is 4.74 Å². The number of carbonyl (C=O) groups excluding carboxylic acids is 1. The maximum atomic E-state index is 12.4. The molecule has 0 saturated carbocycles. The van der Waals surface area contributed by atoms with Gasteiger partial charge in [-0.15, -0.1) is 0 Å². The number of hydrogen-bond donors (Lipinski definition) is 4. The molecule has 3 rings (SSSR count). The highest BCUT2D eigenvalue weighted by Crippen LogP contribution is 2.27. The molecular weight excluding hydrogens is 390 g/mol. The van der Waals surface area contributed by atoms with Crippen molar-refractivity contribution in [3.05, 3.63) is 61.4 Å². The van der Waals surface area contributed by atoms with Crippen molar-refractivity contribution in [3.63, 3.8) is 0 Å². The van der Waals surface area contributed by atoms with E-state index in [1.807, 2.05) is 13.8 Å². The van der Waals surface area contributed by atoms with Gasteiger partial charge in [-0.25, -0.2) is 4.79 Å². The van der Waals surface area contributed by atoms with E-state index in [0.29, 0.717) is 12.0 Å². The highest BCUT2D eigenvalue weighted by atomic mass is 16.5. The molecule has 3 atom stereocenters. The van der Waals surface area contributed by atoms with Crippen LogP contribution < -0.4 is 16.6 Å². The van der Waals surface area contributed by atoms with Crippen LogP contribution in [-0.2, 0) is 22.4 Å². The average Bonchev–Trinajstić information content (AvgIpc) is 3.03. The Balaban J connectivity index is 1.63. The van der Waals surface area contributed by atoms with Gasteiger partial charge in [0, 0.05) is 24.7 Å². The number of phenolic OH excluding ortho intramolecular Hbond substituents is 1. The average molecular weight is 417 g/mol. The Kier molecular flexibility index (Phi) is 6.42. The van der Waals surface area contributed by atoms with Crippen molar-refractivity contribution in [1.82, 2.24) is 14.9 Å². The van der Waals surface area contributed by atoms with Gasteiger partial charge in [0.1, 0.15) is 18.1 Å². The molecule has 9 nitrogen and oxygen atoms in total. The lowest BCUT2D eigenvalue weighted by molar-refractivity contribution is -0.121. The molecule has 9 heteroatoms. The second-order valence-corrected chi connectivity index (χ2v) is 7.65. The van der Waals surface area contributed by atoms with Crippen molar-refractivity contribution in [2.24, 2.45) is 0 Å². The number of amides is 1. The minimum atomic E-state index is -0.864. The van der Waals surface area contributed by atoms with Gasteiger partial charge in [-0.1, -0.05) is 6.92 Å². The molecule has 0 bridgehead atoms. The first-order valence-corrected chi connectivity index (χ1v) is 9.93. The predicted molar refractivity (Wildman–Crippen MR) is 110 cm³/mol. The van der Waals surface area contributed by atoms with Gasteiger partial charge in [-0.05, 0) is 49.1 Å². The summed E-state index contributed by atoms with van der Waals surface area (Å²) in [6.07, 6.45) is -0.0367. The highest BCUT2D eigenvalue weighted by Gasteiger charge is 2.35. The fourth-order valence-corrected chi connectivity index (χ4v) is 3.75. The summed E-state index contributed by atoms with van der Waals surface area (Å²) < 4.78 is 7.06. The number of rotatable bonds is 6. The van der Waals surface area contributed by atoms with Crippen LogP contribution in [0.3, 0.4) is 0 Å². The summed E-state index contributed by atoms with van der Waals surface area (Å²) in [5.41, 5.74) is 1.90. The number of H-pyrrole nitrogens is 1. The minimum absolute atomic E-state index is 0.0887. The molecule has 1 amide bonds. The standard InChI is InChI=1S/C21H27N3O6/c1-4-13-10-24(21(29)23-20(13)28)19-8-16(26)17(30-19)9-22-18(27)7-15-11(2)5-14(25)6-12(15)3/h5-6,10,16-17,19,25-26H,4,7-9H2,1-3H3,(H,22,27)(H,23,28,29)/t16?,17-,19-/m0/s1. The Morgan fingerprint density at radius 1 is 1.30 bits per heavy atom. The number of benzene rings is 1. The summed E-state index contributed by atoms with van der Waals surface area (Å²) >= 11 is 0. The topological polar surface area (TPSA) is 134 Å². The number of aromatic nitrogens is 2. The number of phenols is 1. The van der Waals surface area contributed by atoms with E-state index in [-0.39, 0.29) is 31.0 Å². The maximum absolute atomic E-state index is 12.4. The number of aromatic amines is 1. The molecule has 2 heterocycles. The van der Waals surface area contributed by atoms with E-state index in [2.05, 4.69) is 10.3 Å². The van der Waals surface area contributed by atoms with Crippen LogP contribution in [0.15, 0.2) is 27.9 Å². The van der Waals surface area contributed by atoms with E-state index >= 15 is 0 Å². The van der Waals surface area contributed by atoms with Gasteiger partial charge in [-0.3, -0.25) is 19.1 Å². The first-order chi connectivity index (χ1) is 14.2. The van der Waals surface area contributed by atoms with Crippen molar-refractivity contribution in [2.45, 2.75) is 58.5 Å². The van der Waals surface area contributed by atoms with Crippen LogP contribution in [0.4, 0.5) is 0 Å². The number of aryl methyl sites for hydroxylation is 3. The number of hydrogen-bond acceptors (Lipinski definition) is 6. The Morgan fingerprint density at radius 2 is 1.97 bits per heavy atom. The quantitative estimate of drug-likeness (QED) is 0.539. The molecule has 0 spiro atoms. The summed E-state index contributed by atoms with van der Waals surface area (Å²) in [5.74, 6) is -0.0768. The molecule has 1 aliphatic rings. The molecule has 1 aromatic carbocycles. The van der Waals surface area contributed by atoms with Crippen LogP contribution >= 0.6 is 0 Å². The number of ether oxygens (including phenoxy) is 1. The number of nitrogens with zero attached hydrogens (tertiary/aromatic N) is 1. The number of aliphatic hydroxyl groups is 1. The smallest absolute Gasteiger partial charge is 0.330 e. The number of nitrogens with one attached hydrogen (secondary N) is 2. The van der Waals surface area contributed by atoms with Gasteiger partial charge >= 0.3 is 5.69 Å². The van der Waals surface area contributed by atoms with Gasteiger partial charge in [0.2, 0.25) is 5.91 Å². The lowest BCUT2D eigenvalue weighted by atomic mass is 9.99. The molecule has 4 N–H and O–H groups in total. The lowest BCUT2D eigenvalue weighted by Gasteiger charge is -2.17. The number of aromatic hydroxyl groups is 1. The molecule has 1 saturated heterocycles. The van der Waals surface area contributed by atoms with Crippen LogP contribution in [-0.4, -0.2) is 44.4 Å². The molecular formula is C21H27N3O6. The third-order valence-corrected chi connectivity index (χ3v) is 5.46. The van der Waals surface area contributed by atoms with Gasteiger partial charge < -0.3 is 20.3 Å². The molecule has 1 unspecified atom stereocenters. The van der Waals surface area contributed by atoms with E-state index in [1.165, 1.54) is 10.8 Å². The van der Waals surface area contributed by atoms with Crippen molar-refractivity contribution in [3.8, 4) is 5.75 Å². The van der Waals surface area contributed by atoms with Crippen LogP contribution in [0.25, 0.3) is 0 Å². The normalized spacial score (nSPS) is 21.0. The van der Waals surface area contributed by atoms with Gasteiger partial charge in [0.05, 0.1) is 12.5 Å². The Bertz CT molecular complexity index is 1030. The zero-order chi connectivity index (χ0) is 22.0. The highest BCUT2D eigenvalue weighted by molar-refractivity contribution is 5.79. The summed E-state index contributed by atoms with van der Waals surface area (Å²) in [5, 5.41) is 22.7. The van der Waals surface area contributed by atoms with Gasteiger partial charge in [0.25, 0.3) is 5.56 Å².